The van der Waals surface area contributed by atoms with Crippen LogP contribution >= 0.6 is 0 Å². The topological polar surface area (TPSA) is 49.3 Å². The van der Waals surface area contributed by atoms with Gasteiger partial charge in [-0.05, 0) is 38.6 Å². The van der Waals surface area contributed by atoms with E-state index in [1.165, 1.54) is 0 Å². The Kier molecular flexibility index (Phi) is 3.69. The lowest BCUT2D eigenvalue weighted by Crippen LogP contribution is -2.41. The maximum Gasteiger partial charge on any atom is 0.129 e. The van der Waals surface area contributed by atoms with E-state index >= 15 is 0 Å². The van der Waals surface area contributed by atoms with E-state index in [2.05, 4.69) is 5.32 Å². The molecule has 0 aliphatic carbocycles. The summed E-state index contributed by atoms with van der Waals surface area (Å²) in [5.41, 5.74) is 0. The lowest BCUT2D eigenvalue weighted by atomic mass is 9.92. The first-order chi connectivity index (χ1) is 5.70. The molecule has 70 valence electrons. The number of carbonyl (C=O) groups excluding carboxylic acids is 1. The molecule has 12 heavy (non-hydrogen) atoms. The maximum absolute atomic E-state index is 10.7. The Hall–Kier alpha value is -0.410. The molecule has 2 unspecified atom stereocenters. The molecule has 0 aromatic rings. The van der Waals surface area contributed by atoms with Crippen molar-refractivity contribution in [2.45, 2.75) is 38.8 Å². The molecule has 1 aliphatic rings. The summed E-state index contributed by atoms with van der Waals surface area (Å²) in [5.74, 6) is 0.496. The van der Waals surface area contributed by atoms with E-state index in [9.17, 15) is 9.90 Å². The third-order valence-electron chi connectivity index (χ3n) is 2.42. The van der Waals surface area contributed by atoms with E-state index in [1.807, 2.05) is 0 Å². The first-order valence-corrected chi connectivity index (χ1v) is 4.61. The Labute approximate surface area is 73.2 Å². The number of ketones is 1. The molecule has 0 amide bonds. The summed E-state index contributed by atoms with van der Waals surface area (Å²) in [6.07, 6.45) is 3.19. The average Bonchev–Trinajstić information content (AvgIpc) is 2.03. The van der Waals surface area contributed by atoms with Crippen molar-refractivity contribution in [1.82, 2.24) is 5.32 Å². The van der Waals surface area contributed by atoms with Crippen LogP contribution in [0.5, 0.6) is 0 Å². The van der Waals surface area contributed by atoms with Crippen molar-refractivity contribution in [3.63, 3.8) is 0 Å². The van der Waals surface area contributed by atoms with Crippen LogP contribution in [0.4, 0.5) is 0 Å². The highest BCUT2D eigenvalue weighted by atomic mass is 16.3. The molecule has 1 fully saturated rings. The number of piperidine rings is 1. The normalized spacial score (nSPS) is 30.2. The first kappa shape index (κ1) is 9.68. The number of carbonyl (C=O) groups is 1. The first-order valence-electron chi connectivity index (χ1n) is 4.61. The van der Waals surface area contributed by atoms with Gasteiger partial charge in [-0.2, -0.15) is 0 Å². The molecule has 0 aromatic heterocycles. The molecular formula is C9H17NO2. The van der Waals surface area contributed by atoms with Crippen molar-refractivity contribution in [3.8, 4) is 0 Å². The fourth-order valence-corrected chi connectivity index (χ4v) is 1.63. The number of rotatable bonds is 3. The van der Waals surface area contributed by atoms with Gasteiger partial charge in [0.25, 0.3) is 0 Å². The van der Waals surface area contributed by atoms with Crippen molar-refractivity contribution in [2.75, 3.05) is 6.54 Å². The van der Waals surface area contributed by atoms with Crippen LogP contribution in [0.1, 0.15) is 32.6 Å². The van der Waals surface area contributed by atoms with Crippen molar-refractivity contribution in [3.05, 3.63) is 0 Å². The monoisotopic (exact) mass is 171 g/mol. The van der Waals surface area contributed by atoms with Gasteiger partial charge in [0.15, 0.2) is 0 Å². The molecule has 3 heteroatoms. The van der Waals surface area contributed by atoms with E-state index in [4.69, 9.17) is 0 Å². The largest absolute Gasteiger partial charge is 0.378 e. The van der Waals surface area contributed by atoms with Crippen LogP contribution in [0, 0.1) is 5.92 Å². The Balaban J connectivity index is 2.24. The van der Waals surface area contributed by atoms with Crippen LogP contribution in [0.3, 0.4) is 0 Å². The Morgan fingerprint density at radius 3 is 3.00 bits per heavy atom. The van der Waals surface area contributed by atoms with Gasteiger partial charge in [0.2, 0.25) is 0 Å². The molecule has 0 spiro atoms. The molecule has 0 saturated carbocycles. The maximum atomic E-state index is 10.7. The van der Waals surface area contributed by atoms with Crippen molar-refractivity contribution < 1.29 is 9.90 Å². The van der Waals surface area contributed by atoms with Crippen LogP contribution in [0.15, 0.2) is 0 Å². The molecule has 0 aromatic carbocycles. The zero-order valence-corrected chi connectivity index (χ0v) is 7.55. The molecule has 1 rings (SSSR count). The van der Waals surface area contributed by atoms with E-state index in [0.717, 1.165) is 25.8 Å². The number of Topliss-reactive ketones (excluding diaryl/α,β-unsaturated/α-hetero) is 1. The summed E-state index contributed by atoms with van der Waals surface area (Å²) < 4.78 is 0. The summed E-state index contributed by atoms with van der Waals surface area (Å²) in [6, 6.07) is 0. The van der Waals surface area contributed by atoms with Crippen LogP contribution in [0.25, 0.3) is 0 Å². The molecule has 3 nitrogen and oxygen atoms in total. The molecule has 1 heterocycles. The molecule has 0 bridgehead atoms. The van der Waals surface area contributed by atoms with Crippen molar-refractivity contribution in [2.24, 2.45) is 5.92 Å². The summed E-state index contributed by atoms with van der Waals surface area (Å²) in [7, 11) is 0. The Morgan fingerprint density at radius 2 is 2.42 bits per heavy atom. The van der Waals surface area contributed by atoms with Crippen LogP contribution in [-0.2, 0) is 4.79 Å². The summed E-state index contributed by atoms with van der Waals surface area (Å²) >= 11 is 0. The number of hydrogen-bond donors (Lipinski definition) is 2. The van der Waals surface area contributed by atoms with Crippen LogP contribution in [0.2, 0.25) is 0 Å². The lowest BCUT2D eigenvalue weighted by Gasteiger charge is -2.28. The fourth-order valence-electron chi connectivity index (χ4n) is 1.63. The van der Waals surface area contributed by atoms with Gasteiger partial charge in [-0.15, -0.1) is 0 Å². The van der Waals surface area contributed by atoms with Gasteiger partial charge in [0.1, 0.15) is 12.0 Å². The molecule has 2 atom stereocenters. The van der Waals surface area contributed by atoms with Gasteiger partial charge in [-0.3, -0.25) is 5.32 Å². The highest BCUT2D eigenvalue weighted by Gasteiger charge is 2.22. The van der Waals surface area contributed by atoms with Crippen LogP contribution in [-0.4, -0.2) is 23.7 Å². The SMILES string of the molecule is CC(=O)CCC1CCCNC1O. The van der Waals surface area contributed by atoms with Crippen molar-refractivity contribution >= 4 is 5.78 Å². The highest BCUT2D eigenvalue weighted by Crippen LogP contribution is 2.19. The summed E-state index contributed by atoms with van der Waals surface area (Å²) in [6.45, 7) is 2.50. The van der Waals surface area contributed by atoms with Crippen molar-refractivity contribution in [1.29, 1.82) is 0 Å². The standard InChI is InChI=1S/C9H17NO2/c1-7(11)4-5-8-3-2-6-10-9(8)12/h8-10,12H,2-6H2,1H3. The second-order valence-electron chi connectivity index (χ2n) is 3.54. The third-order valence-corrected chi connectivity index (χ3v) is 2.42. The lowest BCUT2D eigenvalue weighted by molar-refractivity contribution is -0.117. The van der Waals surface area contributed by atoms with Gasteiger partial charge in [-0.25, -0.2) is 0 Å². The minimum absolute atomic E-state index is 0.216. The van der Waals surface area contributed by atoms with Crippen LogP contribution < -0.4 is 5.32 Å². The minimum Gasteiger partial charge on any atom is -0.378 e. The number of aliphatic hydroxyl groups excluding tert-OH is 1. The van der Waals surface area contributed by atoms with Gasteiger partial charge in [-0.1, -0.05) is 0 Å². The molecule has 1 aliphatic heterocycles. The quantitative estimate of drug-likeness (QED) is 0.656. The molecule has 0 radical (unpaired) electrons. The third kappa shape index (κ3) is 2.91. The Bertz CT molecular complexity index is 159. The predicted molar refractivity (Wildman–Crippen MR) is 46.6 cm³/mol. The Morgan fingerprint density at radius 1 is 1.67 bits per heavy atom. The zero-order chi connectivity index (χ0) is 8.97. The van der Waals surface area contributed by atoms with E-state index in [0.29, 0.717) is 6.42 Å². The number of aliphatic hydroxyl groups is 1. The fraction of sp³-hybridized carbons (Fsp3) is 0.889. The highest BCUT2D eigenvalue weighted by molar-refractivity contribution is 5.75. The van der Waals surface area contributed by atoms with E-state index in [1.54, 1.807) is 6.92 Å². The minimum atomic E-state index is -0.391. The number of nitrogens with one attached hydrogen (secondary N) is 1. The molecule has 1 saturated heterocycles. The van der Waals surface area contributed by atoms with Gasteiger partial charge >= 0.3 is 0 Å². The molecular weight excluding hydrogens is 154 g/mol. The second kappa shape index (κ2) is 4.58. The van der Waals surface area contributed by atoms with Gasteiger partial charge in [0, 0.05) is 6.42 Å². The number of hydrogen-bond acceptors (Lipinski definition) is 3. The predicted octanol–water partition coefficient (Wildman–Crippen LogP) is 0.674. The smallest absolute Gasteiger partial charge is 0.129 e. The summed E-state index contributed by atoms with van der Waals surface area (Å²) in [4.78, 5) is 10.7. The second-order valence-corrected chi connectivity index (χ2v) is 3.54. The van der Waals surface area contributed by atoms with Gasteiger partial charge in [0.05, 0.1) is 0 Å². The molecule has 2 N–H and O–H groups in total. The van der Waals surface area contributed by atoms with E-state index < -0.39 is 6.23 Å². The van der Waals surface area contributed by atoms with Gasteiger partial charge < -0.3 is 9.90 Å². The summed E-state index contributed by atoms with van der Waals surface area (Å²) in [5, 5.41) is 12.5. The van der Waals surface area contributed by atoms with E-state index in [-0.39, 0.29) is 11.7 Å². The zero-order valence-electron chi connectivity index (χ0n) is 7.55. The average molecular weight is 171 g/mol.